The van der Waals surface area contributed by atoms with Crippen LogP contribution in [0.25, 0.3) is 0 Å². The Balaban J connectivity index is 1.77. The third kappa shape index (κ3) is 2.62. The molecule has 1 aliphatic heterocycles. The quantitative estimate of drug-likeness (QED) is 0.941. The lowest BCUT2D eigenvalue weighted by atomic mass is 10.1. The summed E-state index contributed by atoms with van der Waals surface area (Å²) in [6.07, 6.45) is 2.49. The zero-order chi connectivity index (χ0) is 15.5. The molecule has 0 spiro atoms. The Bertz CT molecular complexity index is 679. The van der Waals surface area contributed by atoms with Gasteiger partial charge in [-0.15, -0.1) is 0 Å². The van der Waals surface area contributed by atoms with Crippen molar-refractivity contribution in [2.24, 2.45) is 0 Å². The minimum absolute atomic E-state index is 0.0388. The maximum absolute atomic E-state index is 12.5. The van der Waals surface area contributed by atoms with E-state index in [0.29, 0.717) is 25.1 Å². The van der Waals surface area contributed by atoms with Crippen LogP contribution in [0.3, 0.4) is 0 Å². The lowest BCUT2D eigenvalue weighted by Gasteiger charge is -2.24. The highest BCUT2D eigenvalue weighted by Gasteiger charge is 2.37. The Labute approximate surface area is 128 Å². The van der Waals surface area contributed by atoms with Crippen LogP contribution in [-0.2, 0) is 22.6 Å². The van der Waals surface area contributed by atoms with Gasteiger partial charge in [-0.05, 0) is 23.8 Å². The minimum Gasteiger partial charge on any atom is -0.467 e. The lowest BCUT2D eigenvalue weighted by molar-refractivity contribution is -0.126. The van der Waals surface area contributed by atoms with Crippen LogP contribution in [0, 0.1) is 0 Å². The fourth-order valence-corrected chi connectivity index (χ4v) is 2.78. The normalized spacial score (nSPS) is 16.4. The van der Waals surface area contributed by atoms with Crippen LogP contribution in [0.2, 0.25) is 0 Å². The molecule has 0 saturated carbocycles. The molecule has 0 saturated heterocycles. The first-order valence-corrected chi connectivity index (χ1v) is 7.40. The molecule has 0 radical (unpaired) electrons. The van der Waals surface area contributed by atoms with Crippen molar-refractivity contribution in [1.29, 1.82) is 0 Å². The van der Waals surface area contributed by atoms with E-state index >= 15 is 0 Å². The third-order valence-electron chi connectivity index (χ3n) is 3.87. The van der Waals surface area contributed by atoms with Gasteiger partial charge in [0.15, 0.2) is 0 Å². The molecule has 5 nitrogen and oxygen atoms in total. The number of carbonyl (C=O) groups is 2. The molecule has 0 aliphatic carbocycles. The summed E-state index contributed by atoms with van der Waals surface area (Å²) in [5.41, 5.74) is 1.87. The van der Waals surface area contributed by atoms with Crippen LogP contribution in [0.1, 0.15) is 24.7 Å². The topological polar surface area (TPSA) is 62.6 Å². The first-order chi connectivity index (χ1) is 10.7. The van der Waals surface area contributed by atoms with E-state index in [4.69, 9.17) is 4.42 Å². The van der Waals surface area contributed by atoms with Crippen molar-refractivity contribution in [1.82, 2.24) is 5.32 Å². The summed E-state index contributed by atoms with van der Waals surface area (Å²) < 4.78 is 5.21. The number of fused-ring (bicyclic) bond motifs is 1. The molecule has 1 atom stereocenters. The zero-order valence-electron chi connectivity index (χ0n) is 12.4. The number of benzene rings is 1. The molecule has 5 heteroatoms. The Morgan fingerprint density at radius 2 is 2.09 bits per heavy atom. The largest absolute Gasteiger partial charge is 0.467 e. The molecular formula is C17H18N2O3. The number of anilines is 1. The van der Waals surface area contributed by atoms with Crippen LogP contribution in [-0.4, -0.2) is 17.9 Å². The van der Waals surface area contributed by atoms with Gasteiger partial charge in [0.1, 0.15) is 11.8 Å². The Morgan fingerprint density at radius 1 is 1.27 bits per heavy atom. The molecule has 22 heavy (non-hydrogen) atoms. The number of para-hydroxylation sites is 1. The summed E-state index contributed by atoms with van der Waals surface area (Å²) in [4.78, 5) is 26.4. The van der Waals surface area contributed by atoms with Gasteiger partial charge in [-0.1, -0.05) is 25.1 Å². The van der Waals surface area contributed by atoms with E-state index in [1.54, 1.807) is 30.2 Å². The van der Waals surface area contributed by atoms with Crippen molar-refractivity contribution in [3.8, 4) is 0 Å². The number of hydrogen-bond acceptors (Lipinski definition) is 3. The van der Waals surface area contributed by atoms with Gasteiger partial charge in [-0.2, -0.15) is 0 Å². The van der Waals surface area contributed by atoms with Gasteiger partial charge in [0.2, 0.25) is 11.8 Å². The number of amides is 2. The van der Waals surface area contributed by atoms with E-state index in [1.807, 2.05) is 24.3 Å². The van der Waals surface area contributed by atoms with Gasteiger partial charge >= 0.3 is 0 Å². The second-order valence-electron chi connectivity index (χ2n) is 5.26. The van der Waals surface area contributed by atoms with Crippen molar-refractivity contribution in [3.63, 3.8) is 0 Å². The predicted octanol–water partition coefficient (Wildman–Crippen LogP) is 2.26. The Hall–Kier alpha value is -2.56. The van der Waals surface area contributed by atoms with Crippen molar-refractivity contribution < 1.29 is 14.0 Å². The number of rotatable bonds is 4. The van der Waals surface area contributed by atoms with E-state index in [9.17, 15) is 9.59 Å². The first-order valence-electron chi connectivity index (χ1n) is 7.40. The standard InChI is InChI=1S/C17H18N2O3/c1-2-16(20)19-14-8-4-3-6-12(14)10-15(19)17(21)18-11-13-7-5-9-22-13/h3-9,15H,2,10-11H2,1H3,(H,18,21)/t15-/m0/s1. The lowest BCUT2D eigenvalue weighted by Crippen LogP contribution is -2.47. The molecule has 1 aromatic carbocycles. The Morgan fingerprint density at radius 3 is 2.82 bits per heavy atom. The van der Waals surface area contributed by atoms with Gasteiger partial charge < -0.3 is 9.73 Å². The van der Waals surface area contributed by atoms with Crippen molar-refractivity contribution in [2.45, 2.75) is 32.4 Å². The van der Waals surface area contributed by atoms with Gasteiger partial charge in [0.25, 0.3) is 0 Å². The number of nitrogens with one attached hydrogen (secondary N) is 1. The van der Waals surface area contributed by atoms with Crippen LogP contribution >= 0.6 is 0 Å². The molecule has 2 heterocycles. The van der Waals surface area contributed by atoms with E-state index in [-0.39, 0.29) is 11.8 Å². The third-order valence-corrected chi connectivity index (χ3v) is 3.87. The highest BCUT2D eigenvalue weighted by Crippen LogP contribution is 2.32. The second kappa shape index (κ2) is 6.05. The van der Waals surface area contributed by atoms with E-state index in [0.717, 1.165) is 11.3 Å². The van der Waals surface area contributed by atoms with Gasteiger partial charge in [0, 0.05) is 18.5 Å². The summed E-state index contributed by atoms with van der Waals surface area (Å²) in [6, 6.07) is 10.8. The zero-order valence-corrected chi connectivity index (χ0v) is 12.4. The monoisotopic (exact) mass is 298 g/mol. The SMILES string of the molecule is CCC(=O)N1c2ccccc2C[C@H]1C(=O)NCc1ccco1. The first kappa shape index (κ1) is 14.4. The molecule has 1 aliphatic rings. The molecule has 114 valence electrons. The van der Waals surface area contributed by atoms with Gasteiger partial charge in [-0.3, -0.25) is 14.5 Å². The second-order valence-corrected chi connectivity index (χ2v) is 5.26. The van der Waals surface area contributed by atoms with Crippen molar-refractivity contribution >= 4 is 17.5 Å². The number of furan rings is 1. The summed E-state index contributed by atoms with van der Waals surface area (Å²) in [6.45, 7) is 2.13. The van der Waals surface area contributed by atoms with Gasteiger partial charge in [-0.25, -0.2) is 0 Å². The highest BCUT2D eigenvalue weighted by atomic mass is 16.3. The van der Waals surface area contributed by atoms with E-state index < -0.39 is 6.04 Å². The summed E-state index contributed by atoms with van der Waals surface area (Å²) in [7, 11) is 0. The maximum atomic E-state index is 12.5. The highest BCUT2D eigenvalue weighted by molar-refractivity contribution is 6.03. The average molecular weight is 298 g/mol. The van der Waals surface area contributed by atoms with E-state index in [2.05, 4.69) is 5.32 Å². The smallest absolute Gasteiger partial charge is 0.243 e. The van der Waals surface area contributed by atoms with Crippen molar-refractivity contribution in [2.75, 3.05) is 4.90 Å². The van der Waals surface area contributed by atoms with Crippen LogP contribution in [0.5, 0.6) is 0 Å². The van der Waals surface area contributed by atoms with Crippen molar-refractivity contribution in [3.05, 3.63) is 54.0 Å². The molecule has 0 fully saturated rings. The van der Waals surface area contributed by atoms with Crippen LogP contribution < -0.4 is 10.2 Å². The summed E-state index contributed by atoms with van der Waals surface area (Å²) in [5.74, 6) is 0.495. The van der Waals surface area contributed by atoms with Gasteiger partial charge in [0.05, 0.1) is 12.8 Å². The molecular weight excluding hydrogens is 280 g/mol. The number of nitrogens with zero attached hydrogens (tertiary/aromatic N) is 1. The maximum Gasteiger partial charge on any atom is 0.243 e. The molecule has 3 rings (SSSR count). The molecule has 1 aromatic heterocycles. The fourth-order valence-electron chi connectivity index (χ4n) is 2.78. The Kier molecular flexibility index (Phi) is 3.96. The molecule has 0 unspecified atom stereocenters. The average Bonchev–Trinajstić information content (AvgIpc) is 3.19. The van der Waals surface area contributed by atoms with Crippen LogP contribution in [0.15, 0.2) is 47.1 Å². The summed E-state index contributed by atoms with van der Waals surface area (Å²) in [5, 5.41) is 2.84. The molecule has 2 amide bonds. The predicted molar refractivity (Wildman–Crippen MR) is 82.3 cm³/mol. The molecule has 1 N–H and O–H groups in total. The minimum atomic E-state index is -0.486. The number of carbonyl (C=O) groups excluding carboxylic acids is 2. The number of hydrogen-bond donors (Lipinski definition) is 1. The molecule has 2 aromatic rings. The fraction of sp³-hybridized carbons (Fsp3) is 0.294. The molecule has 0 bridgehead atoms. The van der Waals surface area contributed by atoms with Crippen LogP contribution in [0.4, 0.5) is 5.69 Å². The summed E-state index contributed by atoms with van der Waals surface area (Å²) >= 11 is 0. The van der Waals surface area contributed by atoms with E-state index in [1.165, 1.54) is 0 Å².